The number of ether oxygens (including phenoxy) is 1. The molecule has 0 aliphatic carbocycles. The Morgan fingerprint density at radius 1 is 1.10 bits per heavy atom. The van der Waals surface area contributed by atoms with Gasteiger partial charge in [-0.25, -0.2) is 13.1 Å². The summed E-state index contributed by atoms with van der Waals surface area (Å²) in [5.41, 5.74) is 2.24. The summed E-state index contributed by atoms with van der Waals surface area (Å²) in [7, 11) is -1.79. The van der Waals surface area contributed by atoms with Gasteiger partial charge in [-0.1, -0.05) is 0 Å². The molecular formula is C21H29N3O5S. The van der Waals surface area contributed by atoms with Crippen molar-refractivity contribution in [2.45, 2.75) is 39.5 Å². The van der Waals surface area contributed by atoms with E-state index in [0.717, 1.165) is 6.26 Å². The van der Waals surface area contributed by atoms with Crippen molar-refractivity contribution in [1.82, 2.24) is 14.7 Å². The summed E-state index contributed by atoms with van der Waals surface area (Å²) < 4.78 is 31.3. The molecule has 1 aromatic heterocycles. The molecule has 2 rings (SSSR count). The van der Waals surface area contributed by atoms with E-state index in [0.29, 0.717) is 35.3 Å². The highest BCUT2D eigenvalue weighted by Crippen LogP contribution is 2.29. The van der Waals surface area contributed by atoms with E-state index < -0.39 is 9.84 Å². The van der Waals surface area contributed by atoms with Crippen molar-refractivity contribution in [3.8, 4) is 5.88 Å². The molecule has 9 heteroatoms. The summed E-state index contributed by atoms with van der Waals surface area (Å²) in [4.78, 5) is 27.4. The predicted octanol–water partition coefficient (Wildman–Crippen LogP) is 2.23. The van der Waals surface area contributed by atoms with Crippen molar-refractivity contribution in [3.05, 3.63) is 40.1 Å². The molecule has 0 saturated heterocycles. The highest BCUT2D eigenvalue weighted by atomic mass is 32.2. The average Bonchev–Trinajstić information content (AvgIpc) is 3.02. The van der Waals surface area contributed by atoms with Gasteiger partial charge in [0, 0.05) is 32.0 Å². The maximum absolute atomic E-state index is 13.3. The number of hydrogen-bond donors (Lipinski definition) is 0. The second-order valence-electron chi connectivity index (χ2n) is 7.26. The molecule has 2 aromatic rings. The van der Waals surface area contributed by atoms with Gasteiger partial charge < -0.3 is 9.64 Å². The van der Waals surface area contributed by atoms with Gasteiger partial charge in [-0.3, -0.25) is 9.59 Å². The standard InChI is InChI=1S/C21H29N3O5S/c1-8-24(9-2)18(25)12-29-21-17(11-22-23(21)6)19(26)16-10-13(3)20(30(7,27)28)15(5)14(16)4/h10-11H,8-9,12H2,1-7H3. The van der Waals surface area contributed by atoms with Crippen LogP contribution in [0.5, 0.6) is 5.88 Å². The monoisotopic (exact) mass is 435 g/mol. The highest BCUT2D eigenvalue weighted by Gasteiger charge is 2.25. The summed E-state index contributed by atoms with van der Waals surface area (Å²) in [5.74, 6) is -0.320. The van der Waals surface area contributed by atoms with E-state index in [1.54, 1.807) is 38.8 Å². The minimum Gasteiger partial charge on any atom is -0.467 e. The molecule has 30 heavy (non-hydrogen) atoms. The number of aryl methyl sites for hydroxylation is 2. The third-order valence-corrected chi connectivity index (χ3v) is 6.59. The van der Waals surface area contributed by atoms with Crippen molar-refractivity contribution in [2.75, 3.05) is 26.0 Å². The molecule has 0 aliphatic heterocycles. The zero-order chi connectivity index (χ0) is 22.8. The van der Waals surface area contributed by atoms with Crippen molar-refractivity contribution < 1.29 is 22.7 Å². The van der Waals surface area contributed by atoms with Crippen molar-refractivity contribution in [1.29, 1.82) is 0 Å². The fourth-order valence-electron chi connectivity index (χ4n) is 3.56. The third-order valence-electron chi connectivity index (χ3n) is 5.22. The number of carbonyl (C=O) groups excluding carboxylic acids is 2. The van der Waals surface area contributed by atoms with Crippen LogP contribution in [0, 0.1) is 20.8 Å². The van der Waals surface area contributed by atoms with Crippen LogP contribution in [0.15, 0.2) is 17.2 Å². The number of aromatic nitrogens is 2. The number of sulfone groups is 1. The molecule has 8 nitrogen and oxygen atoms in total. The molecule has 0 aliphatic rings. The molecule has 0 bridgehead atoms. The second-order valence-corrected chi connectivity index (χ2v) is 9.22. The molecule has 0 atom stereocenters. The molecule has 0 unspecified atom stereocenters. The molecule has 1 aromatic carbocycles. The van der Waals surface area contributed by atoms with Crippen LogP contribution in [-0.2, 0) is 21.7 Å². The van der Waals surface area contributed by atoms with Gasteiger partial charge in [0.05, 0.1) is 11.1 Å². The Bertz CT molecular complexity index is 1080. The van der Waals surface area contributed by atoms with Crippen molar-refractivity contribution >= 4 is 21.5 Å². The smallest absolute Gasteiger partial charge is 0.260 e. The van der Waals surface area contributed by atoms with Crippen LogP contribution < -0.4 is 4.74 Å². The number of amides is 1. The molecule has 1 amide bonds. The second kappa shape index (κ2) is 8.99. The van der Waals surface area contributed by atoms with E-state index in [1.807, 2.05) is 13.8 Å². The van der Waals surface area contributed by atoms with E-state index in [4.69, 9.17) is 4.74 Å². The zero-order valence-electron chi connectivity index (χ0n) is 18.6. The number of rotatable bonds is 8. The van der Waals surface area contributed by atoms with Gasteiger partial charge in [-0.05, 0) is 57.4 Å². The maximum atomic E-state index is 13.3. The fourth-order valence-corrected chi connectivity index (χ4v) is 4.91. The van der Waals surface area contributed by atoms with Crippen LogP contribution in [0.3, 0.4) is 0 Å². The van der Waals surface area contributed by atoms with Gasteiger partial charge in [0.2, 0.25) is 5.88 Å². The minimum atomic E-state index is -3.42. The van der Waals surface area contributed by atoms with Crippen LogP contribution in [-0.4, -0.2) is 60.7 Å². The number of ketones is 1. The Morgan fingerprint density at radius 2 is 1.70 bits per heavy atom. The SMILES string of the molecule is CCN(CC)C(=O)COc1c(C(=O)c2cc(C)c(S(C)(=O)=O)c(C)c2C)cnn1C. The van der Waals surface area contributed by atoms with Gasteiger partial charge in [-0.15, -0.1) is 0 Å². The minimum absolute atomic E-state index is 0.181. The summed E-state index contributed by atoms with van der Waals surface area (Å²) >= 11 is 0. The number of likely N-dealkylation sites (N-methyl/N-ethyl adjacent to an activating group) is 1. The molecule has 1 heterocycles. The lowest BCUT2D eigenvalue weighted by Crippen LogP contribution is -2.34. The predicted molar refractivity (Wildman–Crippen MR) is 114 cm³/mol. The molecule has 0 fully saturated rings. The summed E-state index contributed by atoms with van der Waals surface area (Å²) in [6.07, 6.45) is 2.55. The quantitative estimate of drug-likeness (QED) is 0.590. The number of nitrogens with zero attached hydrogens (tertiary/aromatic N) is 3. The summed E-state index contributed by atoms with van der Waals surface area (Å²) in [5, 5.41) is 4.11. The Balaban J connectivity index is 2.43. The van der Waals surface area contributed by atoms with Gasteiger partial charge in [0.25, 0.3) is 5.91 Å². The van der Waals surface area contributed by atoms with Crippen LogP contribution in [0.25, 0.3) is 0 Å². The fraction of sp³-hybridized carbons (Fsp3) is 0.476. The van der Waals surface area contributed by atoms with Gasteiger partial charge in [0.1, 0.15) is 5.56 Å². The molecular weight excluding hydrogens is 406 g/mol. The Kier molecular flexibility index (Phi) is 7.07. The van der Waals surface area contributed by atoms with Crippen molar-refractivity contribution in [3.63, 3.8) is 0 Å². The maximum Gasteiger partial charge on any atom is 0.260 e. The van der Waals surface area contributed by atoms with Gasteiger partial charge >= 0.3 is 0 Å². The first-order valence-electron chi connectivity index (χ1n) is 9.72. The molecule has 0 saturated carbocycles. The van der Waals surface area contributed by atoms with E-state index in [1.165, 1.54) is 10.9 Å². The molecule has 164 valence electrons. The van der Waals surface area contributed by atoms with E-state index in [2.05, 4.69) is 5.10 Å². The normalized spacial score (nSPS) is 11.4. The topological polar surface area (TPSA) is 98.6 Å². The Labute approximate surface area is 177 Å². The molecule has 0 radical (unpaired) electrons. The summed E-state index contributed by atoms with van der Waals surface area (Å²) in [6.45, 7) is 9.79. The first kappa shape index (κ1) is 23.6. The Morgan fingerprint density at radius 3 is 2.23 bits per heavy atom. The van der Waals surface area contributed by atoms with Gasteiger partial charge in [0.15, 0.2) is 22.2 Å². The first-order valence-corrected chi connectivity index (χ1v) is 11.6. The van der Waals surface area contributed by atoms with Crippen LogP contribution in [0.4, 0.5) is 0 Å². The lowest BCUT2D eigenvalue weighted by atomic mass is 9.95. The first-order chi connectivity index (χ1) is 13.9. The largest absolute Gasteiger partial charge is 0.467 e. The summed E-state index contributed by atoms with van der Waals surface area (Å²) in [6, 6.07) is 1.58. The lowest BCUT2D eigenvalue weighted by molar-refractivity contribution is -0.133. The number of carbonyl (C=O) groups is 2. The zero-order valence-corrected chi connectivity index (χ0v) is 19.4. The van der Waals surface area contributed by atoms with Crippen LogP contribution >= 0.6 is 0 Å². The number of benzene rings is 1. The van der Waals surface area contributed by atoms with Crippen LogP contribution in [0.2, 0.25) is 0 Å². The number of hydrogen-bond acceptors (Lipinski definition) is 6. The molecule has 0 spiro atoms. The van der Waals surface area contributed by atoms with Crippen molar-refractivity contribution in [2.24, 2.45) is 7.05 Å². The van der Waals surface area contributed by atoms with Gasteiger partial charge in [-0.2, -0.15) is 5.10 Å². The van der Waals surface area contributed by atoms with E-state index in [-0.39, 0.29) is 34.6 Å². The highest BCUT2D eigenvalue weighted by molar-refractivity contribution is 7.90. The van der Waals surface area contributed by atoms with E-state index >= 15 is 0 Å². The molecule has 0 N–H and O–H groups in total. The third kappa shape index (κ3) is 4.56. The Hall–Kier alpha value is -2.68. The lowest BCUT2D eigenvalue weighted by Gasteiger charge is -2.19. The average molecular weight is 436 g/mol. The van der Waals surface area contributed by atoms with E-state index in [9.17, 15) is 18.0 Å². The van der Waals surface area contributed by atoms with Crippen LogP contribution in [0.1, 0.15) is 46.5 Å².